The van der Waals surface area contributed by atoms with Crippen LogP contribution in [0.25, 0.3) is 0 Å². The summed E-state index contributed by atoms with van der Waals surface area (Å²) in [5.74, 6) is 6.32. The highest BCUT2D eigenvalue weighted by atomic mass is 32.2. The van der Waals surface area contributed by atoms with Gasteiger partial charge in [-0.3, -0.25) is 0 Å². The lowest BCUT2D eigenvalue weighted by Crippen LogP contribution is -2.32. The average molecular weight is 307 g/mol. The summed E-state index contributed by atoms with van der Waals surface area (Å²) in [7, 11) is -3.50. The Morgan fingerprint density at radius 2 is 2.19 bits per heavy atom. The Bertz CT molecular complexity index is 639. The second-order valence-electron chi connectivity index (χ2n) is 5.50. The van der Waals surface area contributed by atoms with Crippen LogP contribution in [0.4, 0.5) is 0 Å². The monoisotopic (exact) mass is 307 g/mol. The zero-order valence-electron chi connectivity index (χ0n) is 12.2. The van der Waals surface area contributed by atoms with E-state index in [0.717, 1.165) is 6.42 Å². The summed E-state index contributed by atoms with van der Waals surface area (Å²) in [4.78, 5) is 0.237. The minimum absolute atomic E-state index is 0.00518. The molecule has 2 rings (SSSR count). The molecule has 0 amide bonds. The third kappa shape index (κ3) is 5.16. The summed E-state index contributed by atoms with van der Waals surface area (Å²) >= 11 is 0. The quantitative estimate of drug-likeness (QED) is 0.789. The van der Waals surface area contributed by atoms with Crippen LogP contribution in [0.5, 0.6) is 0 Å². The van der Waals surface area contributed by atoms with E-state index in [4.69, 9.17) is 5.11 Å². The molecule has 1 aliphatic carbocycles. The van der Waals surface area contributed by atoms with Crippen LogP contribution in [0.3, 0.4) is 0 Å². The summed E-state index contributed by atoms with van der Waals surface area (Å²) < 4.78 is 27.4. The van der Waals surface area contributed by atoms with Crippen LogP contribution < -0.4 is 4.72 Å². The fourth-order valence-electron chi connectivity index (χ4n) is 2.20. The fourth-order valence-corrected chi connectivity index (χ4v) is 3.50. The van der Waals surface area contributed by atoms with E-state index in [0.29, 0.717) is 17.9 Å². The van der Waals surface area contributed by atoms with Crippen LogP contribution in [0, 0.1) is 17.8 Å². The van der Waals surface area contributed by atoms with Crippen molar-refractivity contribution in [2.24, 2.45) is 5.92 Å². The summed E-state index contributed by atoms with van der Waals surface area (Å²) in [5, 5.41) is 8.70. The van der Waals surface area contributed by atoms with Crippen molar-refractivity contribution in [1.29, 1.82) is 0 Å². The van der Waals surface area contributed by atoms with Gasteiger partial charge in [-0.1, -0.05) is 30.7 Å². The maximum Gasteiger partial charge on any atom is 0.240 e. The Morgan fingerprint density at radius 1 is 1.43 bits per heavy atom. The van der Waals surface area contributed by atoms with E-state index < -0.39 is 10.0 Å². The highest BCUT2D eigenvalue weighted by Gasteiger charge is 2.26. The Labute approximate surface area is 126 Å². The molecule has 1 saturated carbocycles. The van der Waals surface area contributed by atoms with Gasteiger partial charge in [-0.25, -0.2) is 13.1 Å². The molecule has 0 aromatic heterocycles. The molecule has 2 N–H and O–H groups in total. The first-order valence-corrected chi connectivity index (χ1v) is 8.71. The molecular weight excluding hydrogens is 286 g/mol. The van der Waals surface area contributed by atoms with Crippen LogP contribution in [0.15, 0.2) is 29.2 Å². The van der Waals surface area contributed by atoms with E-state index in [9.17, 15) is 8.42 Å². The number of benzene rings is 1. The van der Waals surface area contributed by atoms with Crippen LogP contribution >= 0.6 is 0 Å². The van der Waals surface area contributed by atoms with Gasteiger partial charge in [0.1, 0.15) is 0 Å². The first kappa shape index (κ1) is 16.0. The molecule has 1 unspecified atom stereocenters. The minimum Gasteiger partial charge on any atom is -0.395 e. The molecule has 0 spiro atoms. The van der Waals surface area contributed by atoms with Crippen molar-refractivity contribution in [3.63, 3.8) is 0 Å². The molecule has 1 aromatic rings. The van der Waals surface area contributed by atoms with Gasteiger partial charge in [-0.15, -0.1) is 0 Å². The second-order valence-corrected chi connectivity index (χ2v) is 7.22. The van der Waals surface area contributed by atoms with Gasteiger partial charge in [-0.2, -0.15) is 0 Å². The number of rotatable bonds is 6. The van der Waals surface area contributed by atoms with E-state index in [-0.39, 0.29) is 17.5 Å². The largest absolute Gasteiger partial charge is 0.395 e. The van der Waals surface area contributed by atoms with Crippen LogP contribution in [-0.2, 0) is 10.0 Å². The standard InChI is InChI=1S/C16H21NO3S/c1-13(11-15-8-9-15)17-21(19,20)16-7-4-6-14(12-16)5-2-3-10-18/h4,6-7,12-13,15,17-18H,3,8-11H2,1H3. The molecular formula is C16H21NO3S. The van der Waals surface area contributed by atoms with Crippen molar-refractivity contribution in [2.45, 2.75) is 43.5 Å². The molecule has 0 saturated heterocycles. The third-order valence-electron chi connectivity index (χ3n) is 3.35. The Hall–Kier alpha value is -1.35. The molecule has 0 aliphatic heterocycles. The smallest absolute Gasteiger partial charge is 0.240 e. The van der Waals surface area contributed by atoms with Gasteiger partial charge in [0.2, 0.25) is 10.0 Å². The lowest BCUT2D eigenvalue weighted by molar-refractivity contribution is 0.305. The molecule has 1 aliphatic rings. The number of sulfonamides is 1. The summed E-state index contributed by atoms with van der Waals surface area (Å²) in [6, 6.07) is 6.53. The van der Waals surface area contributed by atoms with Gasteiger partial charge in [0.25, 0.3) is 0 Å². The zero-order chi connectivity index (χ0) is 15.3. The molecule has 0 heterocycles. The van der Waals surface area contributed by atoms with E-state index in [1.54, 1.807) is 24.3 Å². The van der Waals surface area contributed by atoms with Crippen molar-refractivity contribution in [1.82, 2.24) is 4.72 Å². The molecule has 21 heavy (non-hydrogen) atoms. The summed E-state index contributed by atoms with van der Waals surface area (Å²) in [6.07, 6.45) is 3.70. The molecule has 114 valence electrons. The van der Waals surface area contributed by atoms with Gasteiger partial charge in [0.05, 0.1) is 11.5 Å². The van der Waals surface area contributed by atoms with Crippen LogP contribution in [0.2, 0.25) is 0 Å². The fraction of sp³-hybridized carbons (Fsp3) is 0.500. The molecule has 1 aromatic carbocycles. The first-order chi connectivity index (χ1) is 10.0. The molecule has 5 heteroatoms. The van der Waals surface area contributed by atoms with E-state index in [1.165, 1.54) is 12.8 Å². The lowest BCUT2D eigenvalue weighted by Gasteiger charge is -2.13. The topological polar surface area (TPSA) is 66.4 Å². The van der Waals surface area contributed by atoms with Crippen LogP contribution in [-0.4, -0.2) is 26.2 Å². The van der Waals surface area contributed by atoms with Gasteiger partial charge in [0, 0.05) is 18.0 Å². The summed E-state index contributed by atoms with van der Waals surface area (Å²) in [5.41, 5.74) is 0.640. The molecule has 0 radical (unpaired) electrons. The Kier molecular flexibility index (Phi) is 5.40. The normalized spacial score (nSPS) is 16.1. The van der Waals surface area contributed by atoms with Gasteiger partial charge < -0.3 is 5.11 Å². The third-order valence-corrected chi connectivity index (χ3v) is 4.94. The number of hydrogen-bond acceptors (Lipinski definition) is 3. The van der Waals surface area contributed by atoms with E-state index in [1.807, 2.05) is 6.92 Å². The van der Waals surface area contributed by atoms with Crippen molar-refractivity contribution in [2.75, 3.05) is 6.61 Å². The van der Waals surface area contributed by atoms with Crippen LogP contribution in [0.1, 0.15) is 38.2 Å². The average Bonchev–Trinajstić information content (AvgIpc) is 3.22. The zero-order valence-corrected chi connectivity index (χ0v) is 13.0. The number of aliphatic hydroxyl groups excluding tert-OH is 1. The second kappa shape index (κ2) is 7.08. The SMILES string of the molecule is CC(CC1CC1)NS(=O)(=O)c1cccc(C#CCCO)c1. The summed E-state index contributed by atoms with van der Waals surface area (Å²) in [6.45, 7) is 1.91. The maximum absolute atomic E-state index is 12.3. The number of hydrogen-bond donors (Lipinski definition) is 2. The highest BCUT2D eigenvalue weighted by molar-refractivity contribution is 7.89. The lowest BCUT2D eigenvalue weighted by atomic mass is 10.2. The van der Waals surface area contributed by atoms with Gasteiger partial charge >= 0.3 is 0 Å². The maximum atomic E-state index is 12.3. The number of nitrogens with one attached hydrogen (secondary N) is 1. The Morgan fingerprint density at radius 3 is 2.86 bits per heavy atom. The minimum atomic E-state index is -3.50. The number of aliphatic hydroxyl groups is 1. The Balaban J connectivity index is 2.08. The molecule has 1 fully saturated rings. The van der Waals surface area contributed by atoms with Crippen molar-refractivity contribution >= 4 is 10.0 Å². The predicted octanol–water partition coefficient (Wildman–Crippen LogP) is 1.89. The van der Waals surface area contributed by atoms with Crippen molar-refractivity contribution in [3.05, 3.63) is 29.8 Å². The first-order valence-electron chi connectivity index (χ1n) is 7.23. The van der Waals surface area contributed by atoms with Crippen molar-refractivity contribution < 1.29 is 13.5 Å². The van der Waals surface area contributed by atoms with E-state index >= 15 is 0 Å². The van der Waals surface area contributed by atoms with Gasteiger partial charge in [-0.05, 0) is 37.5 Å². The highest BCUT2D eigenvalue weighted by Crippen LogP contribution is 2.33. The predicted molar refractivity (Wildman–Crippen MR) is 82.1 cm³/mol. The molecule has 4 nitrogen and oxygen atoms in total. The molecule has 1 atom stereocenters. The van der Waals surface area contributed by atoms with E-state index in [2.05, 4.69) is 16.6 Å². The van der Waals surface area contributed by atoms with Gasteiger partial charge in [0.15, 0.2) is 0 Å². The van der Waals surface area contributed by atoms with Crippen molar-refractivity contribution in [3.8, 4) is 11.8 Å². The molecule has 0 bridgehead atoms.